The monoisotopic (exact) mass is 278 g/mol. The highest BCUT2D eigenvalue weighted by atomic mass is 32.1. The zero-order valence-corrected chi connectivity index (χ0v) is 12.1. The molecule has 1 aromatic heterocycles. The van der Waals surface area contributed by atoms with Gasteiger partial charge in [0.15, 0.2) is 0 Å². The van der Waals surface area contributed by atoms with Gasteiger partial charge in [0.2, 0.25) is 5.91 Å². The fourth-order valence-electron chi connectivity index (χ4n) is 2.86. The Morgan fingerprint density at radius 2 is 2.32 bits per heavy atom. The number of amides is 1. The zero-order chi connectivity index (χ0) is 13.1. The summed E-state index contributed by atoms with van der Waals surface area (Å²) in [6.07, 6.45) is 5.52. The summed E-state index contributed by atoms with van der Waals surface area (Å²) < 4.78 is 0. The molecule has 2 fully saturated rings. The molecule has 0 bridgehead atoms. The second-order valence-electron chi connectivity index (χ2n) is 5.75. The summed E-state index contributed by atoms with van der Waals surface area (Å²) in [7, 11) is 0. The predicted octanol–water partition coefficient (Wildman–Crippen LogP) is 2.28. The van der Waals surface area contributed by atoms with Crippen molar-refractivity contribution in [2.24, 2.45) is 5.92 Å². The van der Waals surface area contributed by atoms with Gasteiger partial charge < -0.3 is 10.2 Å². The molecule has 1 N–H and O–H groups in total. The van der Waals surface area contributed by atoms with Crippen LogP contribution in [0, 0.1) is 5.92 Å². The molecule has 3 rings (SSSR count). The van der Waals surface area contributed by atoms with Gasteiger partial charge in [-0.3, -0.25) is 4.79 Å². The molecule has 4 heteroatoms. The van der Waals surface area contributed by atoms with Crippen LogP contribution in [0.2, 0.25) is 0 Å². The molecular weight excluding hydrogens is 256 g/mol. The summed E-state index contributed by atoms with van der Waals surface area (Å²) >= 11 is 1.69. The predicted molar refractivity (Wildman–Crippen MR) is 78.4 cm³/mol. The Balaban J connectivity index is 1.58. The van der Waals surface area contributed by atoms with E-state index < -0.39 is 0 Å². The van der Waals surface area contributed by atoms with Crippen LogP contribution >= 0.6 is 11.3 Å². The highest BCUT2D eigenvalue weighted by Gasteiger charge is 2.34. The van der Waals surface area contributed by atoms with Crippen LogP contribution in [0.5, 0.6) is 0 Å². The van der Waals surface area contributed by atoms with Crippen molar-refractivity contribution >= 4 is 17.2 Å². The number of carbonyl (C=O) groups excluding carboxylic acids is 1. The van der Waals surface area contributed by atoms with Gasteiger partial charge in [0.05, 0.1) is 6.42 Å². The van der Waals surface area contributed by atoms with E-state index >= 15 is 0 Å². The second kappa shape index (κ2) is 6.06. The lowest BCUT2D eigenvalue weighted by Gasteiger charge is -2.30. The van der Waals surface area contributed by atoms with Crippen LogP contribution in [0.15, 0.2) is 17.5 Å². The van der Waals surface area contributed by atoms with Gasteiger partial charge in [0, 0.05) is 17.5 Å². The molecule has 2 aliphatic rings. The fourth-order valence-corrected chi connectivity index (χ4v) is 3.56. The number of hydrogen-bond acceptors (Lipinski definition) is 3. The topological polar surface area (TPSA) is 32.3 Å². The Morgan fingerprint density at radius 1 is 1.42 bits per heavy atom. The van der Waals surface area contributed by atoms with Crippen molar-refractivity contribution in [3.05, 3.63) is 22.4 Å². The van der Waals surface area contributed by atoms with Gasteiger partial charge in [-0.1, -0.05) is 6.07 Å². The molecule has 1 aliphatic heterocycles. The molecule has 1 saturated heterocycles. The van der Waals surface area contributed by atoms with Crippen molar-refractivity contribution in [2.45, 2.75) is 38.1 Å². The third kappa shape index (κ3) is 3.57. The van der Waals surface area contributed by atoms with Crippen LogP contribution in [0.1, 0.15) is 30.6 Å². The molecule has 19 heavy (non-hydrogen) atoms. The van der Waals surface area contributed by atoms with E-state index in [-0.39, 0.29) is 0 Å². The lowest BCUT2D eigenvalue weighted by Crippen LogP contribution is -2.42. The van der Waals surface area contributed by atoms with Crippen LogP contribution in [0.3, 0.4) is 0 Å². The molecule has 1 aromatic rings. The minimum atomic E-state index is 0.329. The van der Waals surface area contributed by atoms with Crippen molar-refractivity contribution in [3.63, 3.8) is 0 Å². The number of piperidine rings is 1. The molecule has 1 atom stereocenters. The Morgan fingerprint density at radius 3 is 2.95 bits per heavy atom. The van der Waals surface area contributed by atoms with Crippen LogP contribution < -0.4 is 5.32 Å². The largest absolute Gasteiger partial charge is 0.339 e. The highest BCUT2D eigenvalue weighted by Crippen LogP contribution is 2.29. The Labute approximate surface area is 119 Å². The average Bonchev–Trinajstić information content (AvgIpc) is 3.15. The summed E-state index contributed by atoms with van der Waals surface area (Å²) in [6.45, 7) is 3.18. The van der Waals surface area contributed by atoms with Gasteiger partial charge in [0.25, 0.3) is 0 Å². The van der Waals surface area contributed by atoms with Gasteiger partial charge in [-0.05, 0) is 56.1 Å². The third-order valence-electron chi connectivity index (χ3n) is 4.07. The second-order valence-corrected chi connectivity index (χ2v) is 6.78. The summed E-state index contributed by atoms with van der Waals surface area (Å²) in [5.41, 5.74) is 0. The molecule has 1 saturated carbocycles. The first-order chi connectivity index (χ1) is 9.33. The molecule has 104 valence electrons. The normalized spacial score (nSPS) is 23.3. The summed E-state index contributed by atoms with van der Waals surface area (Å²) in [5, 5.41) is 5.50. The van der Waals surface area contributed by atoms with E-state index in [2.05, 4.69) is 21.7 Å². The Bertz CT molecular complexity index is 408. The maximum absolute atomic E-state index is 12.5. The summed E-state index contributed by atoms with van der Waals surface area (Å²) in [5.74, 6) is 0.983. The molecule has 1 unspecified atom stereocenters. The first-order valence-electron chi connectivity index (χ1n) is 7.35. The lowest BCUT2D eigenvalue weighted by molar-refractivity contribution is -0.131. The van der Waals surface area contributed by atoms with E-state index in [1.54, 1.807) is 11.3 Å². The van der Waals surface area contributed by atoms with E-state index in [0.29, 0.717) is 24.3 Å². The van der Waals surface area contributed by atoms with E-state index in [9.17, 15) is 4.79 Å². The van der Waals surface area contributed by atoms with Crippen LogP contribution in [-0.2, 0) is 11.2 Å². The lowest BCUT2D eigenvalue weighted by atomic mass is 9.99. The van der Waals surface area contributed by atoms with Crippen LogP contribution in [0.4, 0.5) is 0 Å². The van der Waals surface area contributed by atoms with Gasteiger partial charge in [-0.25, -0.2) is 0 Å². The highest BCUT2D eigenvalue weighted by molar-refractivity contribution is 7.10. The summed E-state index contributed by atoms with van der Waals surface area (Å²) in [4.78, 5) is 15.8. The van der Waals surface area contributed by atoms with Gasteiger partial charge >= 0.3 is 0 Å². The Hall–Kier alpha value is -0.870. The molecule has 3 nitrogen and oxygen atoms in total. The van der Waals surface area contributed by atoms with E-state index in [1.165, 1.54) is 30.6 Å². The molecule has 0 aromatic carbocycles. The number of hydrogen-bond donors (Lipinski definition) is 1. The molecule has 0 radical (unpaired) electrons. The van der Waals surface area contributed by atoms with Crippen molar-refractivity contribution in [1.29, 1.82) is 0 Å². The maximum Gasteiger partial charge on any atom is 0.228 e. The minimum Gasteiger partial charge on any atom is -0.339 e. The number of thiophene rings is 1. The van der Waals surface area contributed by atoms with Crippen molar-refractivity contribution < 1.29 is 4.79 Å². The number of nitrogens with one attached hydrogen (secondary N) is 1. The SMILES string of the molecule is O=C(Cc1cccs1)N(CC1CCCNC1)C1CC1. The van der Waals surface area contributed by atoms with Crippen LogP contribution in [-0.4, -0.2) is 36.5 Å². The first-order valence-corrected chi connectivity index (χ1v) is 8.23. The van der Waals surface area contributed by atoms with Gasteiger partial charge in [0.1, 0.15) is 0 Å². The number of nitrogens with zero attached hydrogens (tertiary/aromatic N) is 1. The smallest absolute Gasteiger partial charge is 0.228 e. The quantitative estimate of drug-likeness (QED) is 0.896. The Kier molecular flexibility index (Phi) is 4.18. The van der Waals surface area contributed by atoms with Crippen LogP contribution in [0.25, 0.3) is 0 Å². The van der Waals surface area contributed by atoms with Gasteiger partial charge in [-0.2, -0.15) is 0 Å². The van der Waals surface area contributed by atoms with Crippen molar-refractivity contribution in [1.82, 2.24) is 10.2 Å². The van der Waals surface area contributed by atoms with E-state index in [0.717, 1.165) is 19.6 Å². The third-order valence-corrected chi connectivity index (χ3v) is 4.94. The molecule has 1 amide bonds. The molecule has 2 heterocycles. The first kappa shape index (κ1) is 13.1. The number of rotatable bonds is 5. The number of carbonyl (C=O) groups is 1. The standard InChI is InChI=1S/C15H22N2OS/c18-15(9-14-4-2-8-19-14)17(13-5-6-13)11-12-3-1-7-16-10-12/h2,4,8,12-13,16H,1,3,5-7,9-11H2. The fraction of sp³-hybridized carbons (Fsp3) is 0.667. The molecular formula is C15H22N2OS. The average molecular weight is 278 g/mol. The van der Waals surface area contributed by atoms with Gasteiger partial charge in [-0.15, -0.1) is 11.3 Å². The molecule has 0 spiro atoms. The molecule has 1 aliphatic carbocycles. The van der Waals surface area contributed by atoms with Crippen molar-refractivity contribution in [3.8, 4) is 0 Å². The summed E-state index contributed by atoms with van der Waals surface area (Å²) in [6, 6.07) is 4.63. The minimum absolute atomic E-state index is 0.329. The maximum atomic E-state index is 12.5. The van der Waals surface area contributed by atoms with E-state index in [4.69, 9.17) is 0 Å². The van der Waals surface area contributed by atoms with E-state index in [1.807, 2.05) is 6.07 Å². The zero-order valence-electron chi connectivity index (χ0n) is 11.3. The van der Waals surface area contributed by atoms with Crippen molar-refractivity contribution in [2.75, 3.05) is 19.6 Å².